The van der Waals surface area contributed by atoms with Crippen LogP contribution in [0.15, 0.2) is 27.6 Å². The van der Waals surface area contributed by atoms with Crippen LogP contribution in [0, 0.1) is 5.82 Å². The zero-order chi connectivity index (χ0) is 9.68. The molecule has 1 rings (SSSR count). The SMILES string of the molecule is Fc1c(Br)cccc1SCCCCl. The van der Waals surface area contributed by atoms with E-state index < -0.39 is 0 Å². The molecular formula is C9H9BrClFS. The minimum Gasteiger partial charge on any atom is -0.205 e. The van der Waals surface area contributed by atoms with Crippen LogP contribution in [0.3, 0.4) is 0 Å². The normalized spacial score (nSPS) is 10.4. The number of hydrogen-bond acceptors (Lipinski definition) is 1. The molecule has 0 saturated heterocycles. The van der Waals surface area contributed by atoms with Crippen molar-refractivity contribution in [2.45, 2.75) is 11.3 Å². The van der Waals surface area contributed by atoms with E-state index in [2.05, 4.69) is 15.9 Å². The Kier molecular flexibility index (Phi) is 5.14. The quantitative estimate of drug-likeness (QED) is 0.451. The molecule has 72 valence electrons. The first-order valence-electron chi connectivity index (χ1n) is 3.88. The zero-order valence-electron chi connectivity index (χ0n) is 6.90. The van der Waals surface area contributed by atoms with Crippen molar-refractivity contribution in [2.24, 2.45) is 0 Å². The average molecular weight is 284 g/mol. The molecule has 0 spiro atoms. The summed E-state index contributed by atoms with van der Waals surface area (Å²) in [6.07, 6.45) is 0.901. The minimum absolute atomic E-state index is 0.179. The molecule has 0 aliphatic carbocycles. The summed E-state index contributed by atoms with van der Waals surface area (Å²) in [5, 5.41) is 0. The molecule has 1 aromatic carbocycles. The lowest BCUT2D eigenvalue weighted by Crippen LogP contribution is -1.85. The fraction of sp³-hybridized carbons (Fsp3) is 0.333. The third-order valence-corrected chi connectivity index (χ3v) is 3.45. The van der Waals surface area contributed by atoms with E-state index in [1.54, 1.807) is 12.1 Å². The molecule has 0 heterocycles. The van der Waals surface area contributed by atoms with Crippen LogP contribution < -0.4 is 0 Å². The second-order valence-corrected chi connectivity index (χ2v) is 4.81. The van der Waals surface area contributed by atoms with Crippen LogP contribution in [0.5, 0.6) is 0 Å². The highest BCUT2D eigenvalue weighted by atomic mass is 79.9. The summed E-state index contributed by atoms with van der Waals surface area (Å²) in [5.74, 6) is 1.31. The van der Waals surface area contributed by atoms with Gasteiger partial charge in [-0.3, -0.25) is 0 Å². The van der Waals surface area contributed by atoms with Gasteiger partial charge in [0.25, 0.3) is 0 Å². The van der Waals surface area contributed by atoms with Gasteiger partial charge in [-0.15, -0.1) is 23.4 Å². The molecule has 0 unspecified atom stereocenters. The van der Waals surface area contributed by atoms with Crippen molar-refractivity contribution in [2.75, 3.05) is 11.6 Å². The van der Waals surface area contributed by atoms with Crippen molar-refractivity contribution in [3.8, 4) is 0 Å². The maximum absolute atomic E-state index is 13.3. The number of hydrogen-bond donors (Lipinski definition) is 0. The first-order valence-corrected chi connectivity index (χ1v) is 6.20. The van der Waals surface area contributed by atoms with Crippen molar-refractivity contribution in [1.29, 1.82) is 0 Å². The zero-order valence-corrected chi connectivity index (χ0v) is 10.1. The van der Waals surface area contributed by atoms with Gasteiger partial charge in [0.05, 0.1) is 4.47 Å². The topological polar surface area (TPSA) is 0 Å². The van der Waals surface area contributed by atoms with E-state index >= 15 is 0 Å². The summed E-state index contributed by atoms with van der Waals surface area (Å²) in [7, 11) is 0. The van der Waals surface area contributed by atoms with Crippen LogP contribution in [0.2, 0.25) is 0 Å². The van der Waals surface area contributed by atoms with Crippen LogP contribution in [0.1, 0.15) is 6.42 Å². The summed E-state index contributed by atoms with van der Waals surface area (Å²) in [4.78, 5) is 0.680. The van der Waals surface area contributed by atoms with E-state index in [4.69, 9.17) is 11.6 Å². The second kappa shape index (κ2) is 5.89. The van der Waals surface area contributed by atoms with Gasteiger partial charge in [-0.25, -0.2) is 4.39 Å². The van der Waals surface area contributed by atoms with Gasteiger partial charge in [0.2, 0.25) is 0 Å². The van der Waals surface area contributed by atoms with Gasteiger partial charge in [0.1, 0.15) is 0 Å². The lowest BCUT2D eigenvalue weighted by molar-refractivity contribution is 0.595. The summed E-state index contributed by atoms with van der Waals surface area (Å²) in [5.41, 5.74) is 0. The van der Waals surface area contributed by atoms with Crippen molar-refractivity contribution in [3.63, 3.8) is 0 Å². The second-order valence-electron chi connectivity index (χ2n) is 2.44. The highest BCUT2D eigenvalue weighted by Gasteiger charge is 2.05. The highest BCUT2D eigenvalue weighted by Crippen LogP contribution is 2.27. The predicted octanol–water partition coefficient (Wildman–Crippen LogP) is 4.31. The van der Waals surface area contributed by atoms with E-state index in [9.17, 15) is 4.39 Å². The molecule has 0 aliphatic rings. The van der Waals surface area contributed by atoms with Gasteiger partial charge in [0, 0.05) is 10.8 Å². The number of rotatable bonds is 4. The predicted molar refractivity (Wildman–Crippen MR) is 60.2 cm³/mol. The summed E-state index contributed by atoms with van der Waals surface area (Å²) in [6.45, 7) is 0. The molecule has 0 bridgehead atoms. The lowest BCUT2D eigenvalue weighted by atomic mass is 10.3. The minimum atomic E-state index is -0.179. The van der Waals surface area contributed by atoms with Crippen LogP contribution in [0.4, 0.5) is 4.39 Å². The highest BCUT2D eigenvalue weighted by molar-refractivity contribution is 9.10. The Morgan fingerprint density at radius 3 is 2.92 bits per heavy atom. The number of thioether (sulfide) groups is 1. The Bertz CT molecular complexity index is 280. The monoisotopic (exact) mass is 282 g/mol. The van der Waals surface area contributed by atoms with Gasteiger partial charge in [-0.05, 0) is 40.2 Å². The van der Waals surface area contributed by atoms with Crippen LogP contribution in [0.25, 0.3) is 0 Å². The van der Waals surface area contributed by atoms with Crippen molar-refractivity contribution in [3.05, 3.63) is 28.5 Å². The van der Waals surface area contributed by atoms with Gasteiger partial charge < -0.3 is 0 Å². The molecule has 0 atom stereocenters. The number of benzene rings is 1. The maximum atomic E-state index is 13.3. The molecule has 0 N–H and O–H groups in total. The number of halogens is 3. The third kappa shape index (κ3) is 3.49. The molecule has 0 fully saturated rings. The standard InChI is InChI=1S/C9H9BrClFS/c10-7-3-1-4-8(9(7)12)13-6-2-5-11/h1,3-4H,2,5-6H2. The fourth-order valence-corrected chi connectivity index (χ4v) is 2.54. The van der Waals surface area contributed by atoms with E-state index in [1.807, 2.05) is 6.07 Å². The molecule has 4 heteroatoms. The van der Waals surface area contributed by atoms with E-state index in [0.717, 1.165) is 12.2 Å². The molecule has 0 radical (unpaired) electrons. The molecule has 0 aliphatic heterocycles. The lowest BCUT2D eigenvalue weighted by Gasteiger charge is -2.02. The first-order chi connectivity index (χ1) is 6.25. The van der Waals surface area contributed by atoms with Gasteiger partial charge >= 0.3 is 0 Å². The molecular weight excluding hydrogens is 275 g/mol. The molecule has 1 aromatic rings. The Morgan fingerprint density at radius 2 is 2.23 bits per heavy atom. The largest absolute Gasteiger partial charge is 0.205 e. The number of alkyl halides is 1. The fourth-order valence-electron chi connectivity index (χ4n) is 0.832. The first kappa shape index (κ1) is 11.3. The van der Waals surface area contributed by atoms with Gasteiger partial charge in [-0.2, -0.15) is 0 Å². The van der Waals surface area contributed by atoms with Crippen LogP contribution in [-0.2, 0) is 0 Å². The average Bonchev–Trinajstić information content (AvgIpc) is 2.13. The molecule has 0 aromatic heterocycles. The van der Waals surface area contributed by atoms with Crippen molar-refractivity contribution >= 4 is 39.3 Å². The molecule has 0 amide bonds. The molecule has 0 nitrogen and oxygen atoms in total. The summed E-state index contributed by atoms with van der Waals surface area (Å²) in [6, 6.07) is 5.30. The Hall–Kier alpha value is 0.270. The van der Waals surface area contributed by atoms with Crippen LogP contribution in [-0.4, -0.2) is 11.6 Å². The molecule has 13 heavy (non-hydrogen) atoms. The summed E-state index contributed by atoms with van der Waals surface area (Å²) >= 11 is 10.2. The Morgan fingerprint density at radius 1 is 1.46 bits per heavy atom. The van der Waals surface area contributed by atoms with Gasteiger partial charge in [-0.1, -0.05) is 6.07 Å². The summed E-state index contributed by atoms with van der Waals surface area (Å²) < 4.78 is 13.8. The Balaban J connectivity index is 2.61. The van der Waals surface area contributed by atoms with Crippen molar-refractivity contribution < 1.29 is 4.39 Å². The molecule has 0 saturated carbocycles. The Labute approximate surface area is 95.0 Å². The smallest absolute Gasteiger partial charge is 0.150 e. The van der Waals surface area contributed by atoms with E-state index in [0.29, 0.717) is 15.2 Å². The van der Waals surface area contributed by atoms with Crippen molar-refractivity contribution in [1.82, 2.24) is 0 Å². The van der Waals surface area contributed by atoms with E-state index in [-0.39, 0.29) is 5.82 Å². The van der Waals surface area contributed by atoms with Crippen LogP contribution >= 0.6 is 39.3 Å². The van der Waals surface area contributed by atoms with E-state index in [1.165, 1.54) is 11.8 Å². The van der Waals surface area contributed by atoms with Gasteiger partial charge in [0.15, 0.2) is 5.82 Å². The third-order valence-electron chi connectivity index (χ3n) is 1.45. The maximum Gasteiger partial charge on any atom is 0.150 e.